The van der Waals surface area contributed by atoms with Crippen LogP contribution in [-0.4, -0.2) is 41.8 Å². The molecule has 4 nitrogen and oxygen atoms in total. The first-order valence-corrected chi connectivity index (χ1v) is 7.84. The van der Waals surface area contributed by atoms with E-state index < -0.39 is 6.04 Å². The molecule has 1 fully saturated rings. The van der Waals surface area contributed by atoms with Gasteiger partial charge in [0.1, 0.15) is 11.9 Å². The number of hydrogen-bond acceptors (Lipinski definition) is 3. The van der Waals surface area contributed by atoms with Gasteiger partial charge in [0.15, 0.2) is 0 Å². The van der Waals surface area contributed by atoms with Crippen molar-refractivity contribution in [3.63, 3.8) is 0 Å². The third-order valence-corrected chi connectivity index (χ3v) is 3.85. The minimum absolute atomic E-state index is 0.0384. The van der Waals surface area contributed by atoms with Crippen LogP contribution in [0.1, 0.15) is 18.0 Å². The molecule has 1 unspecified atom stereocenters. The van der Waals surface area contributed by atoms with Crippen molar-refractivity contribution in [1.29, 1.82) is 0 Å². The molecule has 6 heteroatoms. The molecule has 108 valence electrons. The van der Waals surface area contributed by atoms with Crippen molar-refractivity contribution < 1.29 is 14.0 Å². The van der Waals surface area contributed by atoms with Gasteiger partial charge in [-0.1, -0.05) is 12.1 Å². The molecule has 1 atom stereocenters. The summed E-state index contributed by atoms with van der Waals surface area (Å²) in [6.45, 7) is 0.947. The van der Waals surface area contributed by atoms with Gasteiger partial charge in [-0.25, -0.2) is 4.39 Å². The Morgan fingerprint density at radius 2 is 2.15 bits per heavy atom. The third-order valence-electron chi connectivity index (χ3n) is 3.24. The Balaban J connectivity index is 2.22. The smallest absolute Gasteiger partial charge is 0.247 e. The average molecular weight is 296 g/mol. The lowest BCUT2D eigenvalue weighted by atomic mass is 10.0. The van der Waals surface area contributed by atoms with Crippen LogP contribution in [0.4, 0.5) is 4.39 Å². The highest BCUT2D eigenvalue weighted by atomic mass is 32.2. The molecule has 0 bridgehead atoms. The molecule has 1 N–H and O–H groups in total. The van der Waals surface area contributed by atoms with Crippen LogP contribution in [0.3, 0.4) is 0 Å². The van der Waals surface area contributed by atoms with Crippen molar-refractivity contribution in [1.82, 2.24) is 10.2 Å². The van der Waals surface area contributed by atoms with Crippen molar-refractivity contribution >= 4 is 23.6 Å². The fraction of sp³-hybridized carbons (Fsp3) is 0.429. The van der Waals surface area contributed by atoms with E-state index in [1.807, 2.05) is 6.26 Å². The Labute approximate surface area is 121 Å². The minimum atomic E-state index is -0.654. The van der Waals surface area contributed by atoms with Crippen molar-refractivity contribution in [3.05, 3.63) is 35.6 Å². The number of benzene rings is 1. The normalized spacial score (nSPS) is 18.8. The van der Waals surface area contributed by atoms with Gasteiger partial charge in [0, 0.05) is 25.3 Å². The van der Waals surface area contributed by atoms with Crippen molar-refractivity contribution in [2.24, 2.45) is 0 Å². The first-order valence-electron chi connectivity index (χ1n) is 6.45. The van der Waals surface area contributed by atoms with Crippen LogP contribution >= 0.6 is 11.8 Å². The van der Waals surface area contributed by atoms with Gasteiger partial charge >= 0.3 is 0 Å². The molecular weight excluding hydrogens is 279 g/mol. The number of hydrogen-bond donors (Lipinski definition) is 1. The molecule has 0 aromatic heterocycles. The largest absolute Gasteiger partial charge is 0.352 e. The topological polar surface area (TPSA) is 49.4 Å². The van der Waals surface area contributed by atoms with Gasteiger partial charge in [0.05, 0.1) is 0 Å². The Bertz CT molecular complexity index is 492. The van der Waals surface area contributed by atoms with Crippen LogP contribution < -0.4 is 5.32 Å². The second-order valence-electron chi connectivity index (χ2n) is 4.58. The molecule has 0 aliphatic carbocycles. The van der Waals surface area contributed by atoms with Crippen LogP contribution in [0.5, 0.6) is 0 Å². The van der Waals surface area contributed by atoms with Crippen LogP contribution in [0.25, 0.3) is 0 Å². The fourth-order valence-electron chi connectivity index (χ4n) is 2.24. The predicted molar refractivity (Wildman–Crippen MR) is 76.9 cm³/mol. The van der Waals surface area contributed by atoms with E-state index in [4.69, 9.17) is 0 Å². The predicted octanol–water partition coefficient (Wildman–Crippen LogP) is 1.58. The summed E-state index contributed by atoms with van der Waals surface area (Å²) in [6.07, 6.45) is 2.35. The van der Waals surface area contributed by atoms with Crippen molar-refractivity contribution in [2.75, 3.05) is 25.1 Å². The van der Waals surface area contributed by atoms with Crippen LogP contribution in [0.15, 0.2) is 24.3 Å². The summed E-state index contributed by atoms with van der Waals surface area (Å²) in [5.74, 6) is 0.127. The summed E-state index contributed by atoms with van der Waals surface area (Å²) in [4.78, 5) is 25.9. The van der Waals surface area contributed by atoms with E-state index >= 15 is 0 Å². The van der Waals surface area contributed by atoms with Gasteiger partial charge in [0.25, 0.3) is 0 Å². The maximum absolute atomic E-state index is 13.0. The number of nitrogens with one attached hydrogen (secondary N) is 1. The van der Waals surface area contributed by atoms with Crippen LogP contribution in [0, 0.1) is 5.82 Å². The molecule has 1 aliphatic rings. The molecule has 0 spiro atoms. The summed E-state index contributed by atoms with van der Waals surface area (Å²) in [5, 5.41) is 2.75. The van der Waals surface area contributed by atoms with Crippen LogP contribution in [0.2, 0.25) is 0 Å². The van der Waals surface area contributed by atoms with E-state index in [0.29, 0.717) is 25.1 Å². The SMILES string of the molecule is CSCCC(=O)N1CCNC(=O)C1c1ccc(F)cc1. The molecule has 20 heavy (non-hydrogen) atoms. The molecule has 1 aromatic carbocycles. The minimum Gasteiger partial charge on any atom is -0.352 e. The zero-order chi connectivity index (χ0) is 14.5. The molecule has 1 aromatic rings. The standard InChI is InChI=1S/C14H17FN2O2S/c1-20-9-6-12(18)17-8-7-16-14(19)13(17)10-2-4-11(15)5-3-10/h2-5,13H,6-9H2,1H3,(H,16,19). The number of nitrogens with zero attached hydrogens (tertiary/aromatic N) is 1. The van der Waals surface area contributed by atoms with Crippen molar-refractivity contribution in [3.8, 4) is 0 Å². The average Bonchev–Trinajstić information content (AvgIpc) is 2.45. The van der Waals surface area contributed by atoms with Gasteiger partial charge in [-0.15, -0.1) is 0 Å². The van der Waals surface area contributed by atoms with E-state index in [0.717, 1.165) is 5.75 Å². The number of amides is 2. The lowest BCUT2D eigenvalue weighted by molar-refractivity contribution is -0.143. The maximum atomic E-state index is 13.0. The third kappa shape index (κ3) is 3.30. The van der Waals surface area contributed by atoms with Crippen molar-refractivity contribution in [2.45, 2.75) is 12.5 Å². The highest BCUT2D eigenvalue weighted by Gasteiger charge is 2.33. The summed E-state index contributed by atoms with van der Waals surface area (Å²) in [5.41, 5.74) is 0.640. The molecule has 0 saturated carbocycles. The zero-order valence-corrected chi connectivity index (χ0v) is 12.1. The van der Waals surface area contributed by atoms with Crippen LogP contribution in [-0.2, 0) is 9.59 Å². The van der Waals surface area contributed by atoms with E-state index in [2.05, 4.69) is 5.32 Å². The molecule has 2 amide bonds. The highest BCUT2D eigenvalue weighted by molar-refractivity contribution is 7.98. The Hall–Kier alpha value is -1.56. The summed E-state index contributed by atoms with van der Waals surface area (Å²) < 4.78 is 13.0. The van der Waals surface area contributed by atoms with Gasteiger partial charge in [-0.3, -0.25) is 9.59 Å². The quantitative estimate of drug-likeness (QED) is 0.918. The summed E-state index contributed by atoms with van der Waals surface area (Å²) in [6, 6.07) is 5.07. The number of carbonyl (C=O) groups is 2. The fourth-order valence-corrected chi connectivity index (χ4v) is 2.62. The molecule has 0 radical (unpaired) electrons. The molecule has 1 aliphatic heterocycles. The summed E-state index contributed by atoms with van der Waals surface area (Å²) >= 11 is 1.60. The molecule has 1 heterocycles. The summed E-state index contributed by atoms with van der Waals surface area (Å²) in [7, 11) is 0. The number of rotatable bonds is 4. The highest BCUT2D eigenvalue weighted by Crippen LogP contribution is 2.24. The zero-order valence-electron chi connectivity index (χ0n) is 11.3. The molecule has 1 saturated heterocycles. The lowest BCUT2D eigenvalue weighted by Gasteiger charge is -2.35. The number of halogens is 1. The van der Waals surface area contributed by atoms with Gasteiger partial charge in [0.2, 0.25) is 11.8 Å². The Kier molecular flexibility index (Phi) is 5.00. The van der Waals surface area contributed by atoms with E-state index in [9.17, 15) is 14.0 Å². The molecule has 2 rings (SSSR count). The number of piperazine rings is 1. The lowest BCUT2D eigenvalue weighted by Crippen LogP contribution is -2.52. The maximum Gasteiger partial charge on any atom is 0.247 e. The Morgan fingerprint density at radius 1 is 1.45 bits per heavy atom. The second kappa shape index (κ2) is 6.74. The van der Waals surface area contributed by atoms with E-state index in [1.54, 1.807) is 28.8 Å². The first-order chi connectivity index (χ1) is 9.63. The van der Waals surface area contributed by atoms with E-state index in [1.165, 1.54) is 12.1 Å². The van der Waals surface area contributed by atoms with Gasteiger partial charge < -0.3 is 10.2 Å². The monoisotopic (exact) mass is 296 g/mol. The first kappa shape index (κ1) is 14.8. The molecular formula is C14H17FN2O2S. The van der Waals surface area contributed by atoms with Gasteiger partial charge in [-0.2, -0.15) is 11.8 Å². The van der Waals surface area contributed by atoms with E-state index in [-0.39, 0.29) is 17.6 Å². The van der Waals surface area contributed by atoms with Gasteiger partial charge in [-0.05, 0) is 24.0 Å². The number of carbonyl (C=O) groups excluding carboxylic acids is 2. The Morgan fingerprint density at radius 3 is 2.80 bits per heavy atom. The second-order valence-corrected chi connectivity index (χ2v) is 5.56. The number of thioether (sulfide) groups is 1.